The number of rotatable bonds is 15. The van der Waals surface area contributed by atoms with Gasteiger partial charge in [0.1, 0.15) is 17.6 Å². The molecule has 3 aromatic rings. The van der Waals surface area contributed by atoms with Crippen molar-refractivity contribution in [2.24, 2.45) is 5.92 Å². The molecule has 0 fully saturated rings. The van der Waals surface area contributed by atoms with Gasteiger partial charge in [-0.3, -0.25) is 13.9 Å². The zero-order chi connectivity index (χ0) is 31.6. The number of sulfonamides is 1. The van der Waals surface area contributed by atoms with Crippen molar-refractivity contribution < 1.29 is 27.1 Å². The smallest absolute Gasteiger partial charge is 0.243 e. The van der Waals surface area contributed by atoms with Crippen molar-refractivity contribution >= 4 is 39.1 Å². The highest BCUT2D eigenvalue weighted by Gasteiger charge is 2.30. The molecule has 43 heavy (non-hydrogen) atoms. The Morgan fingerprint density at radius 2 is 1.67 bits per heavy atom. The molecule has 232 valence electrons. The van der Waals surface area contributed by atoms with Gasteiger partial charge < -0.3 is 15.0 Å². The van der Waals surface area contributed by atoms with Crippen LogP contribution in [0.25, 0.3) is 0 Å². The van der Waals surface area contributed by atoms with Gasteiger partial charge >= 0.3 is 0 Å². The number of hydrogen-bond acceptors (Lipinski definition) is 5. The Balaban J connectivity index is 1.88. The van der Waals surface area contributed by atoms with E-state index in [9.17, 15) is 22.4 Å². The Kier molecular flexibility index (Phi) is 12.4. The van der Waals surface area contributed by atoms with Gasteiger partial charge in [-0.05, 0) is 53.8 Å². The topological polar surface area (TPSA) is 96.0 Å². The number of carbonyl (C=O) groups is 2. The zero-order valence-electron chi connectivity index (χ0n) is 24.9. The Morgan fingerprint density at radius 1 is 1.00 bits per heavy atom. The van der Waals surface area contributed by atoms with Crippen molar-refractivity contribution in [3.05, 3.63) is 94.8 Å². The van der Waals surface area contributed by atoms with Crippen molar-refractivity contribution in [1.82, 2.24) is 10.2 Å². The Bertz CT molecular complexity index is 1470. The molecule has 1 unspecified atom stereocenters. The molecular formula is C32H39ClFN3O5S. The van der Waals surface area contributed by atoms with Crippen LogP contribution in [-0.2, 0) is 32.6 Å². The summed E-state index contributed by atoms with van der Waals surface area (Å²) < 4.78 is 45.4. The number of hydrogen-bond donors (Lipinski definition) is 1. The van der Waals surface area contributed by atoms with Crippen LogP contribution in [0.2, 0.25) is 5.02 Å². The van der Waals surface area contributed by atoms with E-state index in [0.717, 1.165) is 11.8 Å². The number of amides is 2. The molecule has 0 aliphatic carbocycles. The standard InChI is InChI=1S/C32H39ClFN3O5S/c1-23(2)21-35-32(39)29(19-24-9-6-5-7-10-24)36(22-25-12-14-26(34)15-13-25)31(38)11-8-18-37(43(4,40)41)27-16-17-30(42-3)28(33)20-27/h5-7,9-10,12-17,20,23,29H,8,11,18-19,21-22H2,1-4H3,(H,35,39). The number of nitrogens with one attached hydrogen (secondary N) is 1. The second-order valence-electron chi connectivity index (χ2n) is 10.8. The largest absolute Gasteiger partial charge is 0.495 e. The van der Waals surface area contributed by atoms with E-state index < -0.39 is 21.9 Å². The summed E-state index contributed by atoms with van der Waals surface area (Å²) >= 11 is 6.24. The van der Waals surface area contributed by atoms with Crippen molar-refractivity contribution in [3.8, 4) is 5.75 Å². The van der Waals surface area contributed by atoms with Crippen LogP contribution in [0, 0.1) is 11.7 Å². The molecule has 1 N–H and O–H groups in total. The highest BCUT2D eigenvalue weighted by Crippen LogP contribution is 2.30. The van der Waals surface area contributed by atoms with Gasteiger partial charge in [0.15, 0.2) is 0 Å². The lowest BCUT2D eigenvalue weighted by Gasteiger charge is -2.32. The first-order valence-electron chi connectivity index (χ1n) is 14.1. The minimum Gasteiger partial charge on any atom is -0.495 e. The first kappa shape index (κ1) is 33.9. The Labute approximate surface area is 258 Å². The second-order valence-corrected chi connectivity index (χ2v) is 13.1. The first-order chi connectivity index (χ1) is 20.4. The highest BCUT2D eigenvalue weighted by molar-refractivity contribution is 7.92. The molecule has 0 aromatic heterocycles. The van der Waals surface area contributed by atoms with Gasteiger partial charge in [0.05, 0.1) is 24.1 Å². The summed E-state index contributed by atoms with van der Waals surface area (Å²) in [7, 11) is -2.24. The quantitative estimate of drug-likeness (QED) is 0.241. The van der Waals surface area contributed by atoms with E-state index in [4.69, 9.17) is 16.3 Å². The minimum atomic E-state index is -3.70. The van der Waals surface area contributed by atoms with Crippen molar-refractivity contribution in [3.63, 3.8) is 0 Å². The third kappa shape index (κ3) is 10.2. The normalized spacial score (nSPS) is 12.1. The summed E-state index contributed by atoms with van der Waals surface area (Å²) in [5.41, 5.74) is 1.89. The van der Waals surface area contributed by atoms with Gasteiger partial charge in [0, 0.05) is 32.5 Å². The maximum Gasteiger partial charge on any atom is 0.243 e. The molecular weight excluding hydrogens is 593 g/mol. The van der Waals surface area contributed by atoms with Crippen LogP contribution in [0.5, 0.6) is 5.75 Å². The van der Waals surface area contributed by atoms with Crippen molar-refractivity contribution in [2.75, 3.05) is 30.8 Å². The summed E-state index contributed by atoms with van der Waals surface area (Å²) in [6.45, 7) is 4.50. The number of methoxy groups -OCH3 is 1. The summed E-state index contributed by atoms with van der Waals surface area (Å²) in [4.78, 5) is 28.9. The molecule has 1 atom stereocenters. The first-order valence-corrected chi connectivity index (χ1v) is 16.3. The van der Waals surface area contributed by atoms with E-state index in [-0.39, 0.29) is 55.1 Å². The monoisotopic (exact) mass is 631 g/mol. The van der Waals surface area contributed by atoms with Gasteiger partial charge in [0.2, 0.25) is 21.8 Å². The van der Waals surface area contributed by atoms with Crippen LogP contribution in [-0.4, -0.2) is 57.6 Å². The Hall–Kier alpha value is -3.63. The van der Waals surface area contributed by atoms with E-state index in [1.165, 1.54) is 34.5 Å². The molecule has 0 saturated carbocycles. The van der Waals surface area contributed by atoms with Crippen LogP contribution in [0.15, 0.2) is 72.8 Å². The van der Waals surface area contributed by atoms with E-state index in [2.05, 4.69) is 5.32 Å². The minimum absolute atomic E-state index is 0.0144. The number of nitrogens with zero attached hydrogens (tertiary/aromatic N) is 2. The van der Waals surface area contributed by atoms with E-state index >= 15 is 0 Å². The average molecular weight is 632 g/mol. The number of ether oxygens (including phenoxy) is 1. The molecule has 0 aliphatic rings. The fraction of sp³-hybridized carbons (Fsp3) is 0.375. The summed E-state index contributed by atoms with van der Waals surface area (Å²) in [6.07, 6.45) is 1.52. The van der Waals surface area contributed by atoms with Gasteiger partial charge in [-0.25, -0.2) is 12.8 Å². The van der Waals surface area contributed by atoms with Crippen LogP contribution in [0.1, 0.15) is 37.8 Å². The van der Waals surface area contributed by atoms with Gasteiger partial charge in [-0.2, -0.15) is 0 Å². The molecule has 3 rings (SSSR count). The predicted molar refractivity (Wildman–Crippen MR) is 168 cm³/mol. The molecule has 0 aliphatic heterocycles. The molecule has 11 heteroatoms. The van der Waals surface area contributed by atoms with Crippen molar-refractivity contribution in [2.45, 2.75) is 45.7 Å². The molecule has 0 spiro atoms. The Morgan fingerprint density at radius 3 is 2.26 bits per heavy atom. The lowest BCUT2D eigenvalue weighted by molar-refractivity contribution is -0.141. The van der Waals surface area contributed by atoms with E-state index in [0.29, 0.717) is 23.5 Å². The average Bonchev–Trinajstić information content (AvgIpc) is 2.96. The molecule has 0 bridgehead atoms. The van der Waals surface area contributed by atoms with Gasteiger partial charge in [-0.1, -0.05) is 67.9 Å². The fourth-order valence-electron chi connectivity index (χ4n) is 4.58. The molecule has 0 saturated heterocycles. The SMILES string of the molecule is COc1ccc(N(CCCC(=O)N(Cc2ccc(F)cc2)C(Cc2ccccc2)C(=O)NCC(C)C)S(C)(=O)=O)cc1Cl. The second kappa shape index (κ2) is 15.7. The van der Waals surface area contributed by atoms with Gasteiger partial charge in [0.25, 0.3) is 0 Å². The maximum atomic E-state index is 13.9. The lowest BCUT2D eigenvalue weighted by atomic mass is 10.0. The lowest BCUT2D eigenvalue weighted by Crippen LogP contribution is -2.51. The third-order valence-corrected chi connectivity index (χ3v) is 8.29. The van der Waals surface area contributed by atoms with Crippen LogP contribution in [0.3, 0.4) is 0 Å². The highest BCUT2D eigenvalue weighted by atomic mass is 35.5. The van der Waals surface area contributed by atoms with Crippen LogP contribution in [0.4, 0.5) is 10.1 Å². The zero-order valence-corrected chi connectivity index (χ0v) is 26.5. The fourth-order valence-corrected chi connectivity index (χ4v) is 5.79. The summed E-state index contributed by atoms with van der Waals surface area (Å²) in [6, 6.07) is 19.0. The predicted octanol–water partition coefficient (Wildman–Crippen LogP) is 5.45. The molecule has 3 aromatic carbocycles. The molecule has 2 amide bonds. The van der Waals surface area contributed by atoms with E-state index in [1.807, 2.05) is 44.2 Å². The number of anilines is 1. The number of carbonyl (C=O) groups excluding carboxylic acids is 2. The maximum absolute atomic E-state index is 13.9. The van der Waals surface area contributed by atoms with E-state index in [1.54, 1.807) is 24.3 Å². The number of benzene rings is 3. The molecule has 0 radical (unpaired) electrons. The van der Waals surface area contributed by atoms with Crippen molar-refractivity contribution in [1.29, 1.82) is 0 Å². The molecule has 8 nitrogen and oxygen atoms in total. The van der Waals surface area contributed by atoms with Crippen LogP contribution < -0.4 is 14.4 Å². The summed E-state index contributed by atoms with van der Waals surface area (Å²) in [5, 5.41) is 3.22. The number of halogens is 2. The molecule has 0 heterocycles. The third-order valence-electron chi connectivity index (χ3n) is 6.80. The summed E-state index contributed by atoms with van der Waals surface area (Å²) in [5.74, 6) is -0.414. The van der Waals surface area contributed by atoms with Crippen LogP contribution >= 0.6 is 11.6 Å². The van der Waals surface area contributed by atoms with Gasteiger partial charge in [-0.15, -0.1) is 0 Å².